The zero-order valence-corrected chi connectivity index (χ0v) is 16.5. The maximum absolute atomic E-state index is 10.4. The van der Waals surface area contributed by atoms with Gasteiger partial charge in [-0.15, -0.1) is 0 Å². The molecule has 1 saturated carbocycles. The fourth-order valence-electron chi connectivity index (χ4n) is 4.20. The quantitative estimate of drug-likeness (QED) is 0.431. The van der Waals surface area contributed by atoms with E-state index in [2.05, 4.69) is 32.1 Å². The fraction of sp³-hybridized carbons (Fsp3) is 0.810. The molecule has 0 radical (unpaired) electrons. The van der Waals surface area contributed by atoms with E-state index >= 15 is 0 Å². The molecule has 3 heteroatoms. The molecule has 0 aromatic rings. The lowest BCUT2D eigenvalue weighted by molar-refractivity contribution is 0.0513. The largest absolute Gasteiger partial charge is 0.392 e. The molecule has 5 atom stereocenters. The summed E-state index contributed by atoms with van der Waals surface area (Å²) in [4.78, 5) is 0. The third-order valence-corrected chi connectivity index (χ3v) is 6.84. The van der Waals surface area contributed by atoms with Gasteiger partial charge in [-0.2, -0.15) is 11.8 Å². The summed E-state index contributed by atoms with van der Waals surface area (Å²) in [6.45, 7) is 6.32. The van der Waals surface area contributed by atoms with Crippen LogP contribution in [0.3, 0.4) is 0 Å². The molecule has 0 heterocycles. The highest BCUT2D eigenvalue weighted by molar-refractivity contribution is 7.99. The lowest BCUT2D eigenvalue weighted by Crippen LogP contribution is -2.23. The van der Waals surface area contributed by atoms with Gasteiger partial charge in [0.25, 0.3) is 0 Å². The molecule has 24 heavy (non-hydrogen) atoms. The van der Waals surface area contributed by atoms with Gasteiger partial charge < -0.3 is 10.2 Å². The molecule has 1 unspecified atom stereocenters. The number of unbranched alkanes of at least 4 members (excludes halogenated alkanes) is 1. The molecular formula is C21H36O2S. The van der Waals surface area contributed by atoms with Gasteiger partial charge in [-0.05, 0) is 56.6 Å². The number of hydrogen-bond acceptors (Lipinski definition) is 3. The van der Waals surface area contributed by atoms with Crippen molar-refractivity contribution in [3.63, 3.8) is 0 Å². The van der Waals surface area contributed by atoms with Gasteiger partial charge >= 0.3 is 0 Å². The number of aliphatic hydroxyl groups is 2. The Kier molecular flexibility index (Phi) is 7.90. The van der Waals surface area contributed by atoms with Gasteiger partial charge in [-0.1, -0.05) is 50.5 Å². The minimum absolute atomic E-state index is 0.210. The summed E-state index contributed by atoms with van der Waals surface area (Å²) < 4.78 is 0. The summed E-state index contributed by atoms with van der Waals surface area (Å²) in [5.74, 6) is 3.81. The van der Waals surface area contributed by atoms with Crippen molar-refractivity contribution < 1.29 is 10.2 Å². The van der Waals surface area contributed by atoms with Crippen LogP contribution in [-0.4, -0.2) is 33.4 Å². The van der Waals surface area contributed by atoms with Crippen molar-refractivity contribution in [1.29, 1.82) is 0 Å². The third-order valence-electron chi connectivity index (χ3n) is 5.57. The highest BCUT2D eigenvalue weighted by Gasteiger charge is 2.43. The van der Waals surface area contributed by atoms with E-state index in [0.29, 0.717) is 18.3 Å². The highest BCUT2D eigenvalue weighted by Crippen LogP contribution is 2.47. The zero-order chi connectivity index (χ0) is 17.6. The fourth-order valence-corrected chi connectivity index (χ4v) is 5.11. The van der Waals surface area contributed by atoms with Crippen molar-refractivity contribution in [2.45, 2.75) is 77.4 Å². The second-order valence-electron chi connectivity index (χ2n) is 8.02. The minimum Gasteiger partial charge on any atom is -0.392 e. The first-order valence-electron chi connectivity index (χ1n) is 9.81. The molecule has 0 bridgehead atoms. The Morgan fingerprint density at radius 1 is 1.33 bits per heavy atom. The van der Waals surface area contributed by atoms with E-state index in [9.17, 15) is 10.2 Å². The predicted molar refractivity (Wildman–Crippen MR) is 105 cm³/mol. The molecule has 0 aliphatic heterocycles. The Labute approximate surface area is 152 Å². The first-order valence-corrected chi connectivity index (χ1v) is 11.0. The number of hydrogen-bond donors (Lipinski definition) is 2. The van der Waals surface area contributed by atoms with E-state index in [1.807, 2.05) is 18.7 Å². The average Bonchev–Trinajstić information content (AvgIpc) is 3.04. The van der Waals surface area contributed by atoms with E-state index in [4.69, 9.17) is 0 Å². The minimum atomic E-state index is -0.606. The van der Waals surface area contributed by atoms with E-state index in [0.717, 1.165) is 32.1 Å². The first-order chi connectivity index (χ1) is 11.5. The molecule has 0 amide bonds. The summed E-state index contributed by atoms with van der Waals surface area (Å²) >= 11 is 2.04. The molecule has 0 aromatic carbocycles. The molecule has 2 rings (SSSR count). The van der Waals surface area contributed by atoms with Gasteiger partial charge in [-0.3, -0.25) is 0 Å². The van der Waals surface area contributed by atoms with Crippen LogP contribution in [0.5, 0.6) is 0 Å². The van der Waals surface area contributed by atoms with Crippen LogP contribution in [0.2, 0.25) is 0 Å². The maximum atomic E-state index is 10.4. The van der Waals surface area contributed by atoms with Crippen molar-refractivity contribution in [1.82, 2.24) is 0 Å². The Balaban J connectivity index is 1.85. The van der Waals surface area contributed by atoms with E-state index in [1.54, 1.807) is 5.57 Å². The van der Waals surface area contributed by atoms with Gasteiger partial charge in [0.15, 0.2) is 0 Å². The Morgan fingerprint density at radius 2 is 2.12 bits per heavy atom. The van der Waals surface area contributed by atoms with E-state index in [-0.39, 0.29) is 12.0 Å². The van der Waals surface area contributed by atoms with Crippen molar-refractivity contribution in [3.05, 3.63) is 23.8 Å². The Morgan fingerprint density at radius 3 is 2.83 bits per heavy atom. The first kappa shape index (κ1) is 20.1. The van der Waals surface area contributed by atoms with Crippen LogP contribution in [-0.2, 0) is 0 Å². The maximum Gasteiger partial charge on any atom is 0.0654 e. The Hall–Kier alpha value is -0.250. The SMILES string of the molecule is CCCC[C@](C)(O)C/C=C/[C@@H]1C2CC(CSCCC)=C[C@H]2C[C@H]1O. The summed E-state index contributed by atoms with van der Waals surface area (Å²) in [6.07, 6.45) is 13.6. The van der Waals surface area contributed by atoms with Crippen LogP contribution in [0.1, 0.15) is 65.7 Å². The van der Waals surface area contributed by atoms with E-state index in [1.165, 1.54) is 17.9 Å². The molecule has 1 fully saturated rings. The van der Waals surface area contributed by atoms with E-state index < -0.39 is 5.60 Å². The molecule has 138 valence electrons. The molecular weight excluding hydrogens is 316 g/mol. The van der Waals surface area contributed by atoms with Crippen LogP contribution in [0.15, 0.2) is 23.8 Å². The van der Waals surface area contributed by atoms with Crippen LogP contribution < -0.4 is 0 Å². The van der Waals surface area contributed by atoms with Crippen LogP contribution >= 0.6 is 11.8 Å². The monoisotopic (exact) mass is 352 g/mol. The number of aliphatic hydroxyl groups excluding tert-OH is 1. The molecule has 0 aromatic heterocycles. The smallest absolute Gasteiger partial charge is 0.0654 e. The lowest BCUT2D eigenvalue weighted by Gasteiger charge is -2.22. The van der Waals surface area contributed by atoms with Crippen LogP contribution in [0, 0.1) is 17.8 Å². The van der Waals surface area contributed by atoms with Crippen molar-refractivity contribution in [3.8, 4) is 0 Å². The normalized spacial score (nSPS) is 32.1. The number of thioether (sulfide) groups is 1. The molecule has 2 aliphatic rings. The topological polar surface area (TPSA) is 40.5 Å². The van der Waals surface area contributed by atoms with Crippen molar-refractivity contribution in [2.75, 3.05) is 11.5 Å². The number of rotatable bonds is 10. The summed E-state index contributed by atoms with van der Waals surface area (Å²) in [7, 11) is 0. The van der Waals surface area contributed by atoms with Gasteiger partial charge in [-0.25, -0.2) is 0 Å². The van der Waals surface area contributed by atoms with Crippen LogP contribution in [0.4, 0.5) is 0 Å². The molecule has 0 spiro atoms. The highest BCUT2D eigenvalue weighted by atomic mass is 32.2. The predicted octanol–water partition coefficient (Wildman–Crippen LogP) is 4.96. The number of allylic oxidation sites excluding steroid dienone is 1. The Bertz CT molecular complexity index is 441. The average molecular weight is 353 g/mol. The number of fused-ring (bicyclic) bond motifs is 1. The van der Waals surface area contributed by atoms with Crippen LogP contribution in [0.25, 0.3) is 0 Å². The summed E-state index contributed by atoms with van der Waals surface area (Å²) in [5, 5.41) is 20.8. The van der Waals surface area contributed by atoms with Gasteiger partial charge in [0.1, 0.15) is 0 Å². The van der Waals surface area contributed by atoms with Gasteiger partial charge in [0.2, 0.25) is 0 Å². The standard InChI is InChI=1S/C21H36O2S/c1-4-6-9-21(3,23)10-7-8-18-19-13-16(15-24-11-5-2)12-17(19)14-20(18)22/h7-8,12,17-20,22-23H,4-6,9-11,13-15H2,1-3H3/b8-7+/t17-,18+,19?,20+,21-/m0/s1. The van der Waals surface area contributed by atoms with Gasteiger partial charge in [0.05, 0.1) is 11.7 Å². The third kappa shape index (κ3) is 5.64. The lowest BCUT2D eigenvalue weighted by atomic mass is 9.88. The molecule has 2 aliphatic carbocycles. The second kappa shape index (κ2) is 9.45. The molecule has 0 saturated heterocycles. The molecule has 2 N–H and O–H groups in total. The van der Waals surface area contributed by atoms with Gasteiger partial charge in [0, 0.05) is 11.7 Å². The second-order valence-corrected chi connectivity index (χ2v) is 9.13. The summed E-state index contributed by atoms with van der Waals surface area (Å²) in [5.41, 5.74) is 0.981. The van der Waals surface area contributed by atoms with Crippen molar-refractivity contribution in [2.24, 2.45) is 17.8 Å². The summed E-state index contributed by atoms with van der Waals surface area (Å²) in [6, 6.07) is 0. The zero-order valence-electron chi connectivity index (χ0n) is 15.7. The molecule has 2 nitrogen and oxygen atoms in total. The van der Waals surface area contributed by atoms with Crippen molar-refractivity contribution >= 4 is 11.8 Å².